The normalized spacial score (nSPS) is 15.6. The molecule has 0 amide bonds. The molecule has 0 aromatic heterocycles. The van der Waals surface area contributed by atoms with Crippen LogP contribution in [0.2, 0.25) is 0 Å². The lowest BCUT2D eigenvalue weighted by atomic mass is 10.3. The molecule has 8 heteroatoms. The molecule has 2 aromatic carbocycles. The van der Waals surface area contributed by atoms with E-state index in [0.29, 0.717) is 56.0 Å². The van der Waals surface area contributed by atoms with Crippen molar-refractivity contribution in [3.8, 4) is 23.0 Å². The van der Waals surface area contributed by atoms with Gasteiger partial charge in [-0.2, -0.15) is 0 Å². The van der Waals surface area contributed by atoms with E-state index in [-0.39, 0.29) is 19.3 Å². The monoisotopic (exact) mass is 475 g/mol. The van der Waals surface area contributed by atoms with Crippen LogP contribution in [0.15, 0.2) is 48.5 Å². The molecule has 0 bridgehead atoms. The second kappa shape index (κ2) is 13.9. The summed E-state index contributed by atoms with van der Waals surface area (Å²) in [5.74, 6) is 2.61. The zero-order valence-electron chi connectivity index (χ0n) is 19.4. The Morgan fingerprint density at radius 2 is 1.24 bits per heavy atom. The minimum absolute atomic E-state index is 0.279. The highest BCUT2D eigenvalue weighted by atomic mass is 32.1. The fourth-order valence-electron chi connectivity index (χ4n) is 3.27. The Hall–Kier alpha value is -2.55. The van der Waals surface area contributed by atoms with E-state index in [2.05, 4.69) is 18.7 Å². The molecule has 33 heavy (non-hydrogen) atoms. The minimum atomic E-state index is -0.351. The summed E-state index contributed by atoms with van der Waals surface area (Å²) < 4.78 is 35.6. The molecule has 0 atom stereocenters. The summed E-state index contributed by atoms with van der Waals surface area (Å²) in [6.07, 6.45) is -0.351. The van der Waals surface area contributed by atoms with Gasteiger partial charge in [0.05, 0.1) is 19.8 Å². The number of hydrogen-bond acceptors (Lipinski definition) is 7. The molecule has 0 N–H and O–H groups in total. The van der Waals surface area contributed by atoms with Crippen molar-refractivity contribution in [3.05, 3.63) is 48.5 Å². The number of likely N-dealkylation sites (N-methyl/N-ethyl adjacent to an activating group) is 1. The number of para-hydroxylation sites is 4. The van der Waals surface area contributed by atoms with Crippen LogP contribution < -0.4 is 18.9 Å². The predicted molar refractivity (Wildman–Crippen MR) is 131 cm³/mol. The summed E-state index contributed by atoms with van der Waals surface area (Å²) in [4.78, 5) is 2.86. The van der Waals surface area contributed by atoms with Crippen molar-refractivity contribution in [2.75, 3.05) is 59.3 Å². The number of benzene rings is 2. The SMILES string of the molecule is CCN(CC)C(=S)COC1COc2ccccc2OCCOCCOc2ccccc2OC1. The highest BCUT2D eigenvalue weighted by Crippen LogP contribution is 2.28. The molecular weight excluding hydrogens is 442 g/mol. The zero-order valence-corrected chi connectivity index (χ0v) is 20.2. The average Bonchev–Trinajstić information content (AvgIpc) is 2.84. The van der Waals surface area contributed by atoms with Gasteiger partial charge in [-0.15, -0.1) is 0 Å². The molecule has 2 aromatic rings. The predicted octanol–water partition coefficient (Wildman–Crippen LogP) is 3.99. The van der Waals surface area contributed by atoms with Crippen molar-refractivity contribution in [1.82, 2.24) is 4.90 Å². The van der Waals surface area contributed by atoms with Gasteiger partial charge in [0.1, 0.15) is 37.5 Å². The second-order valence-corrected chi connectivity index (χ2v) is 7.80. The zero-order chi connectivity index (χ0) is 23.3. The van der Waals surface area contributed by atoms with Crippen LogP contribution in [0.25, 0.3) is 0 Å². The fourth-order valence-corrected chi connectivity index (χ4v) is 3.59. The van der Waals surface area contributed by atoms with Gasteiger partial charge in [0.15, 0.2) is 23.0 Å². The molecular formula is C25H33NO6S. The summed E-state index contributed by atoms with van der Waals surface area (Å²) in [6, 6.07) is 15.1. The van der Waals surface area contributed by atoms with Gasteiger partial charge in [-0.3, -0.25) is 0 Å². The average molecular weight is 476 g/mol. The summed E-state index contributed by atoms with van der Waals surface area (Å²) >= 11 is 5.55. The summed E-state index contributed by atoms with van der Waals surface area (Å²) in [7, 11) is 0. The maximum atomic E-state index is 6.13. The number of rotatable bonds is 5. The van der Waals surface area contributed by atoms with Gasteiger partial charge in [0.2, 0.25) is 0 Å². The molecule has 0 radical (unpaired) electrons. The number of nitrogens with zero attached hydrogens (tertiary/aromatic N) is 1. The van der Waals surface area contributed by atoms with Gasteiger partial charge >= 0.3 is 0 Å². The summed E-state index contributed by atoms with van der Waals surface area (Å²) in [6.45, 7) is 8.44. The van der Waals surface area contributed by atoms with Crippen molar-refractivity contribution in [3.63, 3.8) is 0 Å². The van der Waals surface area contributed by atoms with Crippen LogP contribution in [0.1, 0.15) is 13.8 Å². The Bertz CT molecular complexity index is 805. The molecule has 0 fully saturated rings. The maximum Gasteiger partial charge on any atom is 0.161 e. The van der Waals surface area contributed by atoms with Crippen molar-refractivity contribution >= 4 is 17.2 Å². The smallest absolute Gasteiger partial charge is 0.161 e. The van der Waals surface area contributed by atoms with E-state index in [9.17, 15) is 0 Å². The Labute approximate surface area is 201 Å². The molecule has 1 aliphatic rings. The molecule has 0 saturated heterocycles. The van der Waals surface area contributed by atoms with E-state index < -0.39 is 0 Å². The lowest BCUT2D eigenvalue weighted by molar-refractivity contribution is 0.00643. The third kappa shape index (κ3) is 8.07. The fraction of sp³-hybridized carbons (Fsp3) is 0.480. The largest absolute Gasteiger partial charge is 0.487 e. The Morgan fingerprint density at radius 3 is 1.70 bits per heavy atom. The van der Waals surface area contributed by atoms with Crippen LogP contribution in [0.3, 0.4) is 0 Å². The van der Waals surface area contributed by atoms with Crippen LogP contribution in [0.4, 0.5) is 0 Å². The minimum Gasteiger partial charge on any atom is -0.487 e. The number of ether oxygens (including phenoxy) is 6. The van der Waals surface area contributed by atoms with Gasteiger partial charge in [-0.1, -0.05) is 36.5 Å². The van der Waals surface area contributed by atoms with Crippen LogP contribution in [-0.2, 0) is 9.47 Å². The molecule has 1 heterocycles. The molecule has 180 valence electrons. The van der Waals surface area contributed by atoms with Gasteiger partial charge in [-0.25, -0.2) is 0 Å². The molecule has 1 aliphatic heterocycles. The first-order chi connectivity index (χ1) is 16.2. The van der Waals surface area contributed by atoms with Crippen LogP contribution in [0.5, 0.6) is 23.0 Å². The lowest BCUT2D eigenvalue weighted by Crippen LogP contribution is -2.36. The highest BCUT2D eigenvalue weighted by Gasteiger charge is 2.17. The molecule has 0 spiro atoms. The Morgan fingerprint density at radius 1 is 0.788 bits per heavy atom. The van der Waals surface area contributed by atoms with Gasteiger partial charge < -0.3 is 33.3 Å². The van der Waals surface area contributed by atoms with Gasteiger partial charge in [-0.05, 0) is 38.1 Å². The van der Waals surface area contributed by atoms with Crippen molar-refractivity contribution in [1.29, 1.82) is 0 Å². The van der Waals surface area contributed by atoms with Crippen LogP contribution >= 0.6 is 12.2 Å². The van der Waals surface area contributed by atoms with Crippen molar-refractivity contribution in [2.45, 2.75) is 20.0 Å². The third-order valence-electron chi connectivity index (χ3n) is 5.08. The molecule has 0 saturated carbocycles. The molecule has 3 rings (SSSR count). The Balaban J connectivity index is 1.73. The first-order valence-corrected chi connectivity index (χ1v) is 11.8. The van der Waals surface area contributed by atoms with Crippen LogP contribution in [-0.4, -0.2) is 75.3 Å². The van der Waals surface area contributed by atoms with E-state index in [1.54, 1.807) is 0 Å². The first kappa shape index (κ1) is 25.1. The van der Waals surface area contributed by atoms with Gasteiger partial charge in [0.25, 0.3) is 0 Å². The highest BCUT2D eigenvalue weighted by molar-refractivity contribution is 7.80. The second-order valence-electron chi connectivity index (χ2n) is 7.32. The topological polar surface area (TPSA) is 58.6 Å². The summed E-state index contributed by atoms with van der Waals surface area (Å²) in [5, 5.41) is 0. The third-order valence-corrected chi connectivity index (χ3v) is 5.45. The van der Waals surface area contributed by atoms with Crippen molar-refractivity contribution < 1.29 is 28.4 Å². The number of hydrogen-bond donors (Lipinski definition) is 0. The summed E-state index contributed by atoms with van der Waals surface area (Å²) in [5.41, 5.74) is 0. The van der Waals surface area contributed by atoms with E-state index in [1.165, 1.54) is 0 Å². The van der Waals surface area contributed by atoms with E-state index in [1.807, 2.05) is 48.5 Å². The first-order valence-electron chi connectivity index (χ1n) is 11.4. The molecule has 0 unspecified atom stereocenters. The quantitative estimate of drug-likeness (QED) is 0.602. The van der Waals surface area contributed by atoms with E-state index in [0.717, 1.165) is 18.1 Å². The van der Waals surface area contributed by atoms with E-state index >= 15 is 0 Å². The Kier molecular flexibility index (Phi) is 10.5. The number of thiocarbonyl (C=S) groups is 1. The van der Waals surface area contributed by atoms with Gasteiger partial charge in [0, 0.05) is 13.1 Å². The van der Waals surface area contributed by atoms with E-state index in [4.69, 9.17) is 40.6 Å². The standard InChI is InChI=1S/C25H33NO6S/c1-3-26(4-2)25(33)19-30-20-17-31-23-11-7-5-9-21(23)28-15-13-27-14-16-29-22-10-6-8-12-24(22)32-18-20/h5-12,20H,3-4,13-19H2,1-2H3. The number of fused-ring (bicyclic) bond motifs is 2. The van der Waals surface area contributed by atoms with Crippen LogP contribution in [0, 0.1) is 0 Å². The van der Waals surface area contributed by atoms with Crippen molar-refractivity contribution in [2.24, 2.45) is 0 Å². The molecule has 7 nitrogen and oxygen atoms in total. The lowest BCUT2D eigenvalue weighted by Gasteiger charge is -2.25. The molecule has 0 aliphatic carbocycles. The maximum absolute atomic E-state index is 6.13.